The van der Waals surface area contributed by atoms with Gasteiger partial charge in [0.1, 0.15) is 0 Å². The Labute approximate surface area is 127 Å². The molecule has 21 heavy (non-hydrogen) atoms. The van der Waals surface area contributed by atoms with Gasteiger partial charge in [-0.05, 0) is 43.1 Å². The molecular weight excluding hydrogens is 264 g/mol. The molecule has 2 aliphatic heterocycles. The van der Waals surface area contributed by atoms with Crippen molar-refractivity contribution in [1.29, 1.82) is 0 Å². The van der Waals surface area contributed by atoms with Gasteiger partial charge in [0.25, 0.3) is 0 Å². The Kier molecular flexibility index (Phi) is 3.85. The minimum atomic E-state index is 0.0141. The maximum absolute atomic E-state index is 12.5. The van der Waals surface area contributed by atoms with Crippen LogP contribution in [0.25, 0.3) is 0 Å². The molecule has 1 saturated carbocycles. The quantitative estimate of drug-likeness (QED) is 0.795. The van der Waals surface area contributed by atoms with Crippen LogP contribution in [0.2, 0.25) is 0 Å². The van der Waals surface area contributed by atoms with E-state index in [9.17, 15) is 9.59 Å². The first-order valence-electron chi connectivity index (χ1n) is 8.49. The Morgan fingerprint density at radius 3 is 2.24 bits per heavy atom. The minimum absolute atomic E-state index is 0.0141. The fourth-order valence-electron chi connectivity index (χ4n) is 4.48. The molecule has 1 unspecified atom stereocenters. The molecule has 1 N–H and O–H groups in total. The first kappa shape index (κ1) is 15.0. The van der Waals surface area contributed by atoms with Gasteiger partial charge < -0.3 is 5.32 Å². The number of nitrogens with zero attached hydrogens (tertiary/aromatic N) is 1. The van der Waals surface area contributed by atoms with Crippen LogP contribution < -0.4 is 5.32 Å². The van der Waals surface area contributed by atoms with Crippen molar-refractivity contribution in [3.63, 3.8) is 0 Å². The van der Waals surface area contributed by atoms with E-state index < -0.39 is 0 Å². The van der Waals surface area contributed by atoms with E-state index in [0.717, 1.165) is 25.8 Å². The Hall–Kier alpha value is -0.900. The van der Waals surface area contributed by atoms with E-state index in [-0.39, 0.29) is 28.7 Å². The van der Waals surface area contributed by atoms with E-state index in [0.29, 0.717) is 19.4 Å². The lowest BCUT2D eigenvalue weighted by atomic mass is 9.74. The maximum atomic E-state index is 12.5. The van der Waals surface area contributed by atoms with Crippen molar-refractivity contribution in [3.8, 4) is 0 Å². The molecule has 3 fully saturated rings. The van der Waals surface area contributed by atoms with Crippen molar-refractivity contribution in [1.82, 2.24) is 10.2 Å². The molecule has 4 heteroatoms. The summed E-state index contributed by atoms with van der Waals surface area (Å²) in [6, 6.07) is 0.233. The standard InChI is InChI=1S/C17H28N2O2/c1-16(2)6-5-9-18-13(16)12-19-14(20)10-17(11-15(19)21)7-3-4-8-17/h13,18H,3-12H2,1-2H3. The Bertz CT molecular complexity index is 418. The molecule has 0 aromatic carbocycles. The highest BCUT2D eigenvalue weighted by Gasteiger charge is 2.46. The summed E-state index contributed by atoms with van der Waals surface area (Å²) in [5.74, 6) is 0.132. The zero-order chi connectivity index (χ0) is 15.1. The van der Waals surface area contributed by atoms with E-state index in [2.05, 4.69) is 19.2 Å². The molecule has 2 heterocycles. The number of carbonyl (C=O) groups excluding carboxylic acids is 2. The lowest BCUT2D eigenvalue weighted by Crippen LogP contribution is -2.57. The zero-order valence-electron chi connectivity index (χ0n) is 13.4. The van der Waals surface area contributed by atoms with E-state index >= 15 is 0 Å². The monoisotopic (exact) mass is 292 g/mol. The van der Waals surface area contributed by atoms with Gasteiger partial charge in [0, 0.05) is 25.4 Å². The molecular formula is C17H28N2O2. The normalized spacial score (nSPS) is 31.9. The molecule has 1 spiro atoms. The van der Waals surface area contributed by atoms with Crippen molar-refractivity contribution in [2.24, 2.45) is 10.8 Å². The summed E-state index contributed by atoms with van der Waals surface area (Å²) in [5.41, 5.74) is 0.168. The number of hydrogen-bond donors (Lipinski definition) is 1. The second-order valence-corrected chi connectivity index (χ2v) is 8.06. The molecule has 2 saturated heterocycles. The molecule has 118 valence electrons. The molecule has 0 radical (unpaired) electrons. The molecule has 0 aromatic rings. The zero-order valence-corrected chi connectivity index (χ0v) is 13.4. The Balaban J connectivity index is 1.68. The van der Waals surface area contributed by atoms with E-state index in [1.807, 2.05) is 0 Å². The lowest BCUT2D eigenvalue weighted by molar-refractivity contribution is -0.154. The van der Waals surface area contributed by atoms with Gasteiger partial charge in [-0.15, -0.1) is 0 Å². The van der Waals surface area contributed by atoms with Crippen LogP contribution in [0.15, 0.2) is 0 Å². The number of imide groups is 1. The van der Waals surface area contributed by atoms with Crippen LogP contribution in [0.5, 0.6) is 0 Å². The predicted octanol–water partition coefficient (Wildman–Crippen LogP) is 2.47. The average Bonchev–Trinajstić information content (AvgIpc) is 2.83. The topological polar surface area (TPSA) is 49.4 Å². The van der Waals surface area contributed by atoms with Crippen molar-refractivity contribution >= 4 is 11.8 Å². The summed E-state index contributed by atoms with van der Waals surface area (Å²) >= 11 is 0. The summed E-state index contributed by atoms with van der Waals surface area (Å²) < 4.78 is 0. The number of likely N-dealkylation sites (tertiary alicyclic amines) is 1. The Morgan fingerprint density at radius 2 is 1.67 bits per heavy atom. The molecule has 0 bridgehead atoms. The second kappa shape index (κ2) is 5.38. The van der Waals surface area contributed by atoms with Gasteiger partial charge in [0.15, 0.2) is 0 Å². The van der Waals surface area contributed by atoms with Crippen LogP contribution in [-0.2, 0) is 9.59 Å². The van der Waals surface area contributed by atoms with Crippen LogP contribution in [0.3, 0.4) is 0 Å². The maximum Gasteiger partial charge on any atom is 0.229 e. The molecule has 3 rings (SSSR count). The molecule has 2 amide bonds. The minimum Gasteiger partial charge on any atom is -0.312 e. The Morgan fingerprint density at radius 1 is 1.05 bits per heavy atom. The van der Waals surface area contributed by atoms with E-state index in [4.69, 9.17) is 0 Å². The van der Waals surface area contributed by atoms with Gasteiger partial charge in [-0.25, -0.2) is 0 Å². The van der Waals surface area contributed by atoms with Crippen LogP contribution >= 0.6 is 0 Å². The fourth-order valence-corrected chi connectivity index (χ4v) is 4.48. The number of rotatable bonds is 2. The molecule has 1 aliphatic carbocycles. The third-order valence-corrected chi connectivity index (χ3v) is 6.02. The van der Waals surface area contributed by atoms with Crippen molar-refractivity contribution < 1.29 is 9.59 Å². The summed E-state index contributed by atoms with van der Waals surface area (Å²) in [5, 5.41) is 3.51. The lowest BCUT2D eigenvalue weighted by Gasteiger charge is -2.44. The summed E-state index contributed by atoms with van der Waals surface area (Å²) in [4.78, 5) is 26.6. The third kappa shape index (κ3) is 2.87. The summed E-state index contributed by atoms with van der Waals surface area (Å²) in [6.45, 7) is 6.03. The number of hydrogen-bond acceptors (Lipinski definition) is 3. The summed E-state index contributed by atoms with van der Waals surface area (Å²) in [7, 11) is 0. The number of nitrogens with one attached hydrogen (secondary N) is 1. The third-order valence-electron chi connectivity index (χ3n) is 6.02. The first-order chi connectivity index (χ1) is 9.92. The van der Waals surface area contributed by atoms with Crippen LogP contribution in [0, 0.1) is 10.8 Å². The predicted molar refractivity (Wildman–Crippen MR) is 81.7 cm³/mol. The summed E-state index contributed by atoms with van der Waals surface area (Å²) in [6.07, 6.45) is 7.99. The number of piperidine rings is 2. The molecule has 4 nitrogen and oxygen atoms in total. The highest BCUT2D eigenvalue weighted by Crippen LogP contribution is 2.47. The molecule has 3 aliphatic rings. The van der Waals surface area contributed by atoms with Gasteiger partial charge in [0.2, 0.25) is 11.8 Å². The van der Waals surface area contributed by atoms with Gasteiger partial charge in [-0.2, -0.15) is 0 Å². The highest BCUT2D eigenvalue weighted by atomic mass is 16.2. The van der Waals surface area contributed by atoms with Crippen molar-refractivity contribution in [3.05, 3.63) is 0 Å². The van der Waals surface area contributed by atoms with Crippen molar-refractivity contribution in [2.45, 2.75) is 71.3 Å². The van der Waals surface area contributed by atoms with Gasteiger partial charge in [0.05, 0.1) is 0 Å². The first-order valence-corrected chi connectivity index (χ1v) is 8.49. The van der Waals surface area contributed by atoms with Gasteiger partial charge >= 0.3 is 0 Å². The van der Waals surface area contributed by atoms with Crippen LogP contribution in [0.4, 0.5) is 0 Å². The van der Waals surface area contributed by atoms with Crippen LogP contribution in [0.1, 0.15) is 65.2 Å². The van der Waals surface area contributed by atoms with Gasteiger partial charge in [-0.1, -0.05) is 26.7 Å². The molecule has 1 atom stereocenters. The van der Waals surface area contributed by atoms with Crippen LogP contribution in [-0.4, -0.2) is 35.8 Å². The number of carbonyl (C=O) groups is 2. The van der Waals surface area contributed by atoms with E-state index in [1.54, 1.807) is 4.90 Å². The average molecular weight is 292 g/mol. The highest BCUT2D eigenvalue weighted by molar-refractivity contribution is 5.98. The van der Waals surface area contributed by atoms with E-state index in [1.165, 1.54) is 19.3 Å². The molecule has 0 aromatic heterocycles. The second-order valence-electron chi connectivity index (χ2n) is 8.06. The number of amides is 2. The van der Waals surface area contributed by atoms with Crippen molar-refractivity contribution in [2.75, 3.05) is 13.1 Å². The SMILES string of the molecule is CC1(C)CCCNC1CN1C(=O)CC2(CCCC2)CC1=O. The largest absolute Gasteiger partial charge is 0.312 e. The van der Waals surface area contributed by atoms with Gasteiger partial charge in [-0.3, -0.25) is 14.5 Å². The fraction of sp³-hybridized carbons (Fsp3) is 0.882. The smallest absolute Gasteiger partial charge is 0.229 e.